The van der Waals surface area contributed by atoms with Gasteiger partial charge in [-0.25, -0.2) is 0 Å². The molecule has 0 aromatic heterocycles. The molecule has 0 saturated carbocycles. The second-order valence-corrected chi connectivity index (χ2v) is 4.26. The van der Waals surface area contributed by atoms with Crippen LogP contribution >= 0.6 is 11.8 Å². The number of ketones is 1. The van der Waals surface area contributed by atoms with Crippen LogP contribution < -0.4 is 5.32 Å². The highest BCUT2D eigenvalue weighted by atomic mass is 32.2. The maximum Gasteiger partial charge on any atom is 0.296 e. The number of thioether (sulfide) groups is 1. The average molecular weight is 207 g/mol. The Labute approximate surface area is 85.9 Å². The molecule has 3 nitrogen and oxygen atoms in total. The summed E-state index contributed by atoms with van der Waals surface area (Å²) in [6.45, 7) is 2.04. The minimum absolute atomic E-state index is 0.432. The van der Waals surface area contributed by atoms with Crippen LogP contribution in [0.4, 0.5) is 5.69 Å². The summed E-state index contributed by atoms with van der Waals surface area (Å²) in [5.74, 6) is -0.00819. The summed E-state index contributed by atoms with van der Waals surface area (Å²) in [7, 11) is 0. The van der Waals surface area contributed by atoms with E-state index >= 15 is 0 Å². The van der Waals surface area contributed by atoms with E-state index in [1.807, 2.05) is 13.0 Å². The van der Waals surface area contributed by atoms with Crippen molar-refractivity contribution in [2.75, 3.05) is 11.1 Å². The lowest BCUT2D eigenvalue weighted by Gasteiger charge is -2.00. The van der Waals surface area contributed by atoms with Gasteiger partial charge in [0, 0.05) is 4.90 Å². The Hall–Kier alpha value is -1.29. The molecule has 1 aliphatic heterocycles. The quantitative estimate of drug-likeness (QED) is 0.595. The zero-order chi connectivity index (χ0) is 10.1. The van der Waals surface area contributed by atoms with E-state index in [9.17, 15) is 9.59 Å². The number of amides is 1. The van der Waals surface area contributed by atoms with Gasteiger partial charge in [0.2, 0.25) is 0 Å². The molecule has 0 atom stereocenters. The van der Waals surface area contributed by atoms with Crippen molar-refractivity contribution in [2.45, 2.75) is 11.8 Å². The highest BCUT2D eigenvalue weighted by Gasteiger charge is 2.27. The molecule has 0 radical (unpaired) electrons. The first-order chi connectivity index (χ1) is 6.72. The van der Waals surface area contributed by atoms with Crippen LogP contribution in [-0.4, -0.2) is 17.4 Å². The molecular formula is C10H9NO2S. The Morgan fingerprint density at radius 1 is 1.36 bits per heavy atom. The van der Waals surface area contributed by atoms with E-state index in [0.717, 1.165) is 10.6 Å². The maximum absolute atomic E-state index is 11.3. The fourth-order valence-electron chi connectivity index (χ4n) is 1.38. The molecule has 1 aromatic carbocycles. The summed E-state index contributed by atoms with van der Waals surface area (Å²) in [5, 5.41) is 2.52. The molecule has 1 aliphatic rings. The van der Waals surface area contributed by atoms with E-state index in [1.165, 1.54) is 0 Å². The van der Waals surface area contributed by atoms with Crippen molar-refractivity contribution in [1.82, 2.24) is 0 Å². The van der Waals surface area contributed by atoms with Gasteiger partial charge < -0.3 is 5.32 Å². The number of carbonyl (C=O) groups is 2. The first-order valence-electron chi connectivity index (χ1n) is 4.35. The lowest BCUT2D eigenvalue weighted by atomic mass is 10.1. The standard InChI is InChI=1S/C10H9NO2S/c1-2-14-6-3-4-8-7(5-6)9(12)10(13)11-8/h3-5H,2H2,1H3,(H,11,12,13). The third-order valence-electron chi connectivity index (χ3n) is 2.00. The molecule has 14 heavy (non-hydrogen) atoms. The molecule has 0 bridgehead atoms. The van der Waals surface area contributed by atoms with Crippen molar-refractivity contribution >= 4 is 29.1 Å². The number of rotatable bonds is 2. The third kappa shape index (κ3) is 1.42. The maximum atomic E-state index is 11.3. The molecule has 1 amide bonds. The molecular weight excluding hydrogens is 198 g/mol. The summed E-state index contributed by atoms with van der Waals surface area (Å²) < 4.78 is 0. The molecule has 0 saturated heterocycles. The predicted octanol–water partition coefficient (Wildman–Crippen LogP) is 1.93. The first-order valence-corrected chi connectivity index (χ1v) is 5.33. The van der Waals surface area contributed by atoms with E-state index in [-0.39, 0.29) is 0 Å². The minimum atomic E-state index is -0.529. The van der Waals surface area contributed by atoms with Crippen LogP contribution in [0, 0.1) is 0 Å². The summed E-state index contributed by atoms with van der Waals surface area (Å²) in [5.41, 5.74) is 1.12. The Bertz CT molecular complexity index is 415. The number of anilines is 1. The molecule has 0 spiro atoms. The van der Waals surface area contributed by atoms with Crippen LogP contribution in [0.3, 0.4) is 0 Å². The largest absolute Gasteiger partial charge is 0.318 e. The van der Waals surface area contributed by atoms with E-state index in [4.69, 9.17) is 0 Å². The van der Waals surface area contributed by atoms with Gasteiger partial charge in [-0.15, -0.1) is 11.8 Å². The second-order valence-electron chi connectivity index (χ2n) is 2.92. The van der Waals surface area contributed by atoms with Crippen molar-refractivity contribution in [3.05, 3.63) is 23.8 Å². The smallest absolute Gasteiger partial charge is 0.296 e. The second kappa shape index (κ2) is 3.46. The topological polar surface area (TPSA) is 46.2 Å². The fraction of sp³-hybridized carbons (Fsp3) is 0.200. The van der Waals surface area contributed by atoms with Crippen LogP contribution in [0.25, 0.3) is 0 Å². The molecule has 1 heterocycles. The van der Waals surface area contributed by atoms with Gasteiger partial charge in [0.25, 0.3) is 11.7 Å². The average Bonchev–Trinajstić information content (AvgIpc) is 2.45. The number of fused-ring (bicyclic) bond motifs is 1. The molecule has 2 rings (SSSR count). The minimum Gasteiger partial charge on any atom is -0.318 e. The van der Waals surface area contributed by atoms with Gasteiger partial charge in [-0.1, -0.05) is 6.92 Å². The summed E-state index contributed by atoms with van der Waals surface area (Å²) in [6.07, 6.45) is 0. The van der Waals surface area contributed by atoms with Gasteiger partial charge in [-0.2, -0.15) is 0 Å². The van der Waals surface area contributed by atoms with E-state index in [2.05, 4.69) is 5.32 Å². The van der Waals surface area contributed by atoms with Crippen molar-refractivity contribution in [3.8, 4) is 0 Å². The van der Waals surface area contributed by atoms with Gasteiger partial charge in [0.15, 0.2) is 0 Å². The summed E-state index contributed by atoms with van der Waals surface area (Å²) in [6, 6.07) is 5.45. The van der Waals surface area contributed by atoms with Crippen LogP contribution in [-0.2, 0) is 4.79 Å². The first kappa shape index (κ1) is 9.27. The van der Waals surface area contributed by atoms with Crippen molar-refractivity contribution in [3.63, 3.8) is 0 Å². The van der Waals surface area contributed by atoms with Gasteiger partial charge in [-0.3, -0.25) is 9.59 Å². The lowest BCUT2D eigenvalue weighted by molar-refractivity contribution is -0.112. The molecule has 1 N–H and O–H groups in total. The van der Waals surface area contributed by atoms with Crippen molar-refractivity contribution in [2.24, 2.45) is 0 Å². The Morgan fingerprint density at radius 2 is 2.14 bits per heavy atom. The normalized spacial score (nSPS) is 14.1. The molecule has 0 aliphatic carbocycles. The number of Topliss-reactive ketones (excluding diaryl/α,β-unsaturated/α-hetero) is 1. The molecule has 1 aromatic rings. The number of carbonyl (C=O) groups excluding carboxylic acids is 2. The van der Waals surface area contributed by atoms with Gasteiger partial charge in [0.05, 0.1) is 11.3 Å². The number of hydrogen-bond donors (Lipinski definition) is 1. The lowest BCUT2D eigenvalue weighted by Crippen LogP contribution is -2.12. The summed E-state index contributed by atoms with van der Waals surface area (Å²) in [4.78, 5) is 23.4. The number of benzene rings is 1. The molecule has 72 valence electrons. The van der Waals surface area contributed by atoms with E-state index < -0.39 is 11.7 Å². The monoisotopic (exact) mass is 207 g/mol. The highest BCUT2D eigenvalue weighted by Crippen LogP contribution is 2.28. The highest BCUT2D eigenvalue weighted by molar-refractivity contribution is 7.99. The van der Waals surface area contributed by atoms with Crippen molar-refractivity contribution in [1.29, 1.82) is 0 Å². The Balaban J connectivity index is 2.41. The third-order valence-corrected chi connectivity index (χ3v) is 2.88. The summed E-state index contributed by atoms with van der Waals surface area (Å²) >= 11 is 1.65. The zero-order valence-corrected chi connectivity index (χ0v) is 8.48. The molecule has 0 fully saturated rings. The van der Waals surface area contributed by atoms with Gasteiger partial charge >= 0.3 is 0 Å². The van der Waals surface area contributed by atoms with E-state index in [0.29, 0.717) is 11.3 Å². The van der Waals surface area contributed by atoms with Crippen LogP contribution in [0.5, 0.6) is 0 Å². The SMILES string of the molecule is CCSc1ccc2c(c1)C(=O)C(=O)N2. The zero-order valence-electron chi connectivity index (χ0n) is 7.66. The van der Waals surface area contributed by atoms with Crippen molar-refractivity contribution < 1.29 is 9.59 Å². The van der Waals surface area contributed by atoms with Gasteiger partial charge in [-0.05, 0) is 24.0 Å². The molecule has 0 unspecified atom stereocenters. The Kier molecular flexibility index (Phi) is 2.29. The number of hydrogen-bond acceptors (Lipinski definition) is 3. The van der Waals surface area contributed by atoms with Crippen LogP contribution in [0.2, 0.25) is 0 Å². The predicted molar refractivity (Wildman–Crippen MR) is 55.8 cm³/mol. The van der Waals surface area contributed by atoms with Crippen LogP contribution in [0.1, 0.15) is 17.3 Å². The Morgan fingerprint density at radius 3 is 2.86 bits per heavy atom. The fourth-order valence-corrected chi connectivity index (χ4v) is 2.08. The molecule has 4 heteroatoms. The van der Waals surface area contributed by atoms with E-state index in [1.54, 1.807) is 23.9 Å². The van der Waals surface area contributed by atoms with Gasteiger partial charge in [0.1, 0.15) is 0 Å². The number of nitrogens with one attached hydrogen (secondary N) is 1. The van der Waals surface area contributed by atoms with Crippen LogP contribution in [0.15, 0.2) is 23.1 Å².